The zero-order valence-electron chi connectivity index (χ0n) is 8.15. The van der Waals surface area contributed by atoms with E-state index in [1.54, 1.807) is 6.07 Å². The van der Waals surface area contributed by atoms with Crippen LogP contribution in [-0.4, -0.2) is 34.3 Å². The Labute approximate surface area is 88.7 Å². The molecular weight excluding hydrogens is 240 g/mol. The first-order valence-corrected chi connectivity index (χ1v) is 7.54. The van der Waals surface area contributed by atoms with E-state index in [0.29, 0.717) is 3.71 Å². The zero-order valence-corrected chi connectivity index (χ0v) is 9.79. The monoisotopic (exact) mass is 250 g/mol. The van der Waals surface area contributed by atoms with Gasteiger partial charge in [-0.05, 0) is 12.1 Å². The molecule has 0 N–H and O–H groups in total. The molecule has 0 fully saturated rings. The van der Waals surface area contributed by atoms with Crippen LogP contribution in [0, 0.1) is 0 Å². The van der Waals surface area contributed by atoms with Crippen LogP contribution in [0.1, 0.15) is 0 Å². The molecule has 0 aromatic carbocycles. The van der Waals surface area contributed by atoms with E-state index in [2.05, 4.69) is 4.98 Å². The van der Waals surface area contributed by atoms with Gasteiger partial charge >= 0.3 is 0 Å². The molecule has 15 heavy (non-hydrogen) atoms. The molecule has 1 aromatic heterocycles. The van der Waals surface area contributed by atoms with Gasteiger partial charge in [0.1, 0.15) is 0 Å². The van der Waals surface area contributed by atoms with Gasteiger partial charge in [-0.15, -0.1) is 3.71 Å². The highest BCUT2D eigenvalue weighted by atomic mass is 32.3. The fourth-order valence-electron chi connectivity index (χ4n) is 1.05. The predicted molar refractivity (Wildman–Crippen MR) is 56.4 cm³/mol. The lowest BCUT2D eigenvalue weighted by Gasteiger charge is -2.17. The van der Waals surface area contributed by atoms with Gasteiger partial charge in [-0.1, -0.05) is 6.07 Å². The molecule has 6 nitrogen and oxygen atoms in total. The Hall–Kier alpha value is -1.15. The first-order valence-electron chi connectivity index (χ1n) is 3.84. The molecule has 84 valence electrons. The summed E-state index contributed by atoms with van der Waals surface area (Å²) >= 11 is 0. The van der Waals surface area contributed by atoms with Crippen LogP contribution in [0.15, 0.2) is 24.4 Å². The average molecular weight is 250 g/mol. The lowest BCUT2D eigenvalue weighted by molar-refractivity contribution is 0.590. The van der Waals surface area contributed by atoms with E-state index < -0.39 is 20.0 Å². The maximum Gasteiger partial charge on any atom is 0.246 e. The maximum absolute atomic E-state index is 11.3. The lowest BCUT2D eigenvalue weighted by atomic mass is 10.5. The molecule has 8 heteroatoms. The van der Waals surface area contributed by atoms with Crippen LogP contribution in [0.5, 0.6) is 0 Å². The van der Waals surface area contributed by atoms with Crippen LogP contribution in [0.4, 0.5) is 5.82 Å². The minimum atomic E-state index is -3.89. The SMILES string of the molecule is CS(=O)(=O)N(c1ccccn1)S(C)(=O)=O. The number of anilines is 1. The Morgan fingerprint density at radius 1 is 1.07 bits per heavy atom. The Morgan fingerprint density at radius 2 is 1.60 bits per heavy atom. The summed E-state index contributed by atoms with van der Waals surface area (Å²) in [5.74, 6) is -0.137. The van der Waals surface area contributed by atoms with Crippen molar-refractivity contribution in [1.29, 1.82) is 0 Å². The fraction of sp³-hybridized carbons (Fsp3) is 0.286. The standard InChI is InChI=1S/C7H10N2O4S2/c1-14(10,11)9(15(2,12)13)7-5-3-4-6-8-7/h3-6H,1-2H3. The Morgan fingerprint density at radius 3 is 1.93 bits per heavy atom. The van der Waals surface area contributed by atoms with Gasteiger partial charge in [-0.25, -0.2) is 21.8 Å². The highest BCUT2D eigenvalue weighted by molar-refractivity contribution is 8.09. The van der Waals surface area contributed by atoms with E-state index in [4.69, 9.17) is 0 Å². The van der Waals surface area contributed by atoms with Gasteiger partial charge in [-0.3, -0.25) is 0 Å². The Bertz CT molecular complexity index is 504. The second kappa shape index (κ2) is 3.78. The number of rotatable bonds is 3. The third-order valence-corrected chi connectivity index (χ3v) is 4.64. The largest absolute Gasteiger partial charge is 0.246 e. The summed E-state index contributed by atoms with van der Waals surface area (Å²) in [6, 6.07) is 4.38. The second-order valence-corrected chi connectivity index (χ2v) is 6.80. The van der Waals surface area contributed by atoms with E-state index in [0.717, 1.165) is 12.5 Å². The van der Waals surface area contributed by atoms with Crippen molar-refractivity contribution in [1.82, 2.24) is 4.98 Å². The van der Waals surface area contributed by atoms with E-state index in [9.17, 15) is 16.8 Å². The van der Waals surface area contributed by atoms with Crippen LogP contribution in [0.3, 0.4) is 0 Å². The molecule has 0 saturated carbocycles. The molecule has 0 aliphatic carbocycles. The summed E-state index contributed by atoms with van der Waals surface area (Å²) in [5, 5.41) is 0. The van der Waals surface area contributed by atoms with Gasteiger partial charge in [0.25, 0.3) is 0 Å². The Balaban J connectivity index is 3.41. The third-order valence-electron chi connectivity index (χ3n) is 1.44. The minimum absolute atomic E-state index is 0.137. The van der Waals surface area contributed by atoms with Gasteiger partial charge < -0.3 is 0 Å². The summed E-state index contributed by atoms with van der Waals surface area (Å²) in [7, 11) is -7.79. The van der Waals surface area contributed by atoms with Gasteiger partial charge in [0.2, 0.25) is 20.0 Å². The van der Waals surface area contributed by atoms with Gasteiger partial charge in [0.05, 0.1) is 12.5 Å². The van der Waals surface area contributed by atoms with E-state index in [1.165, 1.54) is 18.3 Å². The maximum atomic E-state index is 11.3. The number of hydrogen-bond acceptors (Lipinski definition) is 5. The van der Waals surface area contributed by atoms with Crippen LogP contribution in [0.25, 0.3) is 0 Å². The first kappa shape index (κ1) is 11.9. The molecule has 0 saturated heterocycles. The molecule has 0 bridgehead atoms. The van der Waals surface area contributed by atoms with Gasteiger partial charge in [0, 0.05) is 6.20 Å². The van der Waals surface area contributed by atoms with Gasteiger partial charge in [-0.2, -0.15) is 0 Å². The normalized spacial score (nSPS) is 12.4. The molecule has 0 radical (unpaired) electrons. The Kier molecular flexibility index (Phi) is 3.00. The quantitative estimate of drug-likeness (QED) is 0.742. The van der Waals surface area contributed by atoms with Crippen LogP contribution >= 0.6 is 0 Å². The topological polar surface area (TPSA) is 84.4 Å². The van der Waals surface area contributed by atoms with E-state index >= 15 is 0 Å². The highest BCUT2D eigenvalue weighted by Crippen LogP contribution is 2.16. The van der Waals surface area contributed by atoms with Crippen molar-refractivity contribution < 1.29 is 16.8 Å². The highest BCUT2D eigenvalue weighted by Gasteiger charge is 2.27. The molecule has 0 aliphatic rings. The molecule has 1 heterocycles. The number of nitrogens with zero attached hydrogens (tertiary/aromatic N) is 2. The van der Waals surface area contributed by atoms with Crippen molar-refractivity contribution >= 4 is 25.9 Å². The fourth-order valence-corrected chi connectivity index (χ4v) is 3.91. The molecule has 0 atom stereocenters. The first-order chi connectivity index (χ1) is 6.73. The second-order valence-electron chi connectivity index (χ2n) is 2.91. The van der Waals surface area contributed by atoms with Gasteiger partial charge in [0.15, 0.2) is 5.82 Å². The zero-order chi connectivity index (χ0) is 11.7. The van der Waals surface area contributed by atoms with Crippen molar-refractivity contribution in [3.63, 3.8) is 0 Å². The molecular formula is C7H10N2O4S2. The van der Waals surface area contributed by atoms with Crippen molar-refractivity contribution in [2.75, 3.05) is 16.2 Å². The summed E-state index contributed by atoms with van der Waals surface area (Å²) in [4.78, 5) is 3.68. The smallest absolute Gasteiger partial charge is 0.237 e. The molecule has 1 rings (SSSR count). The summed E-state index contributed by atoms with van der Waals surface area (Å²) in [6.45, 7) is 0. The minimum Gasteiger partial charge on any atom is -0.237 e. The summed E-state index contributed by atoms with van der Waals surface area (Å²) in [5.41, 5.74) is 0. The van der Waals surface area contributed by atoms with Crippen LogP contribution < -0.4 is 3.71 Å². The lowest BCUT2D eigenvalue weighted by Crippen LogP contribution is -2.35. The van der Waals surface area contributed by atoms with Crippen molar-refractivity contribution in [2.45, 2.75) is 0 Å². The molecule has 0 spiro atoms. The number of sulfonamides is 2. The van der Waals surface area contributed by atoms with Crippen LogP contribution in [0.2, 0.25) is 0 Å². The molecule has 0 aliphatic heterocycles. The van der Waals surface area contributed by atoms with E-state index in [1.807, 2.05) is 0 Å². The van der Waals surface area contributed by atoms with Crippen molar-refractivity contribution in [2.24, 2.45) is 0 Å². The van der Waals surface area contributed by atoms with E-state index in [-0.39, 0.29) is 5.82 Å². The molecule has 0 amide bonds. The number of hydrogen-bond donors (Lipinski definition) is 0. The third kappa shape index (κ3) is 2.90. The summed E-state index contributed by atoms with van der Waals surface area (Å²) < 4.78 is 45.4. The average Bonchev–Trinajstić information content (AvgIpc) is 2.00. The predicted octanol–water partition coefficient (Wildman–Crippen LogP) is -0.193. The molecule has 1 aromatic rings. The van der Waals surface area contributed by atoms with Crippen LogP contribution in [-0.2, 0) is 20.0 Å². The van der Waals surface area contributed by atoms with Crippen molar-refractivity contribution in [3.8, 4) is 0 Å². The number of aromatic nitrogens is 1. The number of pyridine rings is 1. The summed E-state index contributed by atoms with van der Waals surface area (Å²) in [6.07, 6.45) is 2.93. The molecule has 0 unspecified atom stereocenters. The van der Waals surface area contributed by atoms with Crippen molar-refractivity contribution in [3.05, 3.63) is 24.4 Å².